The van der Waals surface area contributed by atoms with Crippen molar-refractivity contribution in [3.8, 4) is 0 Å². The molecule has 1 saturated heterocycles. The summed E-state index contributed by atoms with van der Waals surface area (Å²) < 4.78 is 0. The van der Waals surface area contributed by atoms with Gasteiger partial charge in [-0.1, -0.05) is 26.0 Å². The molecule has 1 aliphatic rings. The molecule has 1 amide bonds. The number of likely N-dealkylation sites (tertiary alicyclic amines) is 1. The quantitative estimate of drug-likeness (QED) is 0.509. The summed E-state index contributed by atoms with van der Waals surface area (Å²) in [6.45, 7) is 7.99. The van der Waals surface area contributed by atoms with E-state index in [0.29, 0.717) is 5.56 Å². The zero-order chi connectivity index (χ0) is 15.2. The van der Waals surface area contributed by atoms with E-state index in [1.165, 1.54) is 37.9 Å². The van der Waals surface area contributed by atoms with E-state index in [4.69, 9.17) is 5.84 Å². The fraction of sp³-hybridized carbons (Fsp3) is 0.588. The van der Waals surface area contributed by atoms with Crippen molar-refractivity contribution >= 4 is 5.91 Å². The van der Waals surface area contributed by atoms with Gasteiger partial charge in [-0.3, -0.25) is 15.1 Å². The molecule has 0 spiro atoms. The standard InChI is InChI=1S/C17H27N3O/c1-13(2)15-4-3-10-20(11-9-15)12-14-5-7-16(8-6-14)17(21)19-18/h5-8,13,15H,3-4,9-12,18H2,1-2H3,(H,19,21). The summed E-state index contributed by atoms with van der Waals surface area (Å²) in [4.78, 5) is 13.9. The predicted octanol–water partition coefficient (Wildman–Crippen LogP) is 2.55. The van der Waals surface area contributed by atoms with E-state index in [9.17, 15) is 4.79 Å². The van der Waals surface area contributed by atoms with E-state index >= 15 is 0 Å². The van der Waals surface area contributed by atoms with Gasteiger partial charge in [0.1, 0.15) is 0 Å². The molecule has 2 rings (SSSR count). The molecule has 1 aromatic carbocycles. The maximum Gasteiger partial charge on any atom is 0.265 e. The molecule has 1 aliphatic heterocycles. The third-order valence-electron chi connectivity index (χ3n) is 4.56. The number of nitrogens with zero attached hydrogens (tertiary/aromatic N) is 1. The lowest BCUT2D eigenvalue weighted by atomic mass is 9.89. The molecule has 0 aliphatic carbocycles. The second-order valence-corrected chi connectivity index (χ2v) is 6.38. The summed E-state index contributed by atoms with van der Waals surface area (Å²) in [6, 6.07) is 7.73. The average molecular weight is 289 g/mol. The Morgan fingerprint density at radius 2 is 2.00 bits per heavy atom. The van der Waals surface area contributed by atoms with Gasteiger partial charge in [0.2, 0.25) is 0 Å². The van der Waals surface area contributed by atoms with Crippen molar-refractivity contribution in [3.63, 3.8) is 0 Å². The largest absolute Gasteiger partial charge is 0.299 e. The highest BCUT2D eigenvalue weighted by atomic mass is 16.2. The van der Waals surface area contributed by atoms with Crippen molar-refractivity contribution < 1.29 is 4.79 Å². The first-order valence-electron chi connectivity index (χ1n) is 7.92. The third kappa shape index (κ3) is 4.55. The number of benzene rings is 1. The third-order valence-corrected chi connectivity index (χ3v) is 4.56. The number of rotatable bonds is 4. The molecule has 4 heteroatoms. The van der Waals surface area contributed by atoms with Crippen molar-refractivity contribution in [1.82, 2.24) is 10.3 Å². The highest BCUT2D eigenvalue weighted by molar-refractivity contribution is 5.93. The van der Waals surface area contributed by atoms with Crippen LogP contribution in [0, 0.1) is 11.8 Å². The minimum absolute atomic E-state index is 0.240. The number of nitrogens with two attached hydrogens (primary N) is 1. The van der Waals surface area contributed by atoms with Gasteiger partial charge >= 0.3 is 0 Å². The van der Waals surface area contributed by atoms with E-state index in [0.717, 1.165) is 18.4 Å². The zero-order valence-corrected chi connectivity index (χ0v) is 13.1. The van der Waals surface area contributed by atoms with Gasteiger partial charge in [-0.15, -0.1) is 0 Å². The van der Waals surface area contributed by atoms with Crippen LogP contribution in [0.25, 0.3) is 0 Å². The molecule has 3 N–H and O–H groups in total. The lowest BCUT2D eigenvalue weighted by Gasteiger charge is -2.21. The van der Waals surface area contributed by atoms with Crippen LogP contribution >= 0.6 is 0 Å². The molecule has 1 atom stereocenters. The number of nitrogen functional groups attached to an aromatic ring is 1. The van der Waals surface area contributed by atoms with Crippen LogP contribution in [0.4, 0.5) is 0 Å². The lowest BCUT2D eigenvalue weighted by Crippen LogP contribution is -2.30. The van der Waals surface area contributed by atoms with Crippen molar-refractivity contribution in [2.75, 3.05) is 13.1 Å². The van der Waals surface area contributed by atoms with E-state index < -0.39 is 0 Å². The van der Waals surface area contributed by atoms with Crippen LogP contribution in [0.2, 0.25) is 0 Å². The molecule has 1 unspecified atom stereocenters. The summed E-state index contributed by atoms with van der Waals surface area (Å²) in [6.07, 6.45) is 3.94. The van der Waals surface area contributed by atoms with Gasteiger partial charge in [-0.05, 0) is 61.9 Å². The predicted molar refractivity (Wildman–Crippen MR) is 85.6 cm³/mol. The molecule has 4 nitrogen and oxygen atoms in total. The second kappa shape index (κ2) is 7.57. The molecule has 1 aromatic rings. The van der Waals surface area contributed by atoms with Gasteiger partial charge in [-0.25, -0.2) is 5.84 Å². The van der Waals surface area contributed by atoms with E-state index in [-0.39, 0.29) is 5.91 Å². The van der Waals surface area contributed by atoms with Crippen LogP contribution in [0.1, 0.15) is 49.0 Å². The fourth-order valence-electron chi connectivity index (χ4n) is 3.11. The monoisotopic (exact) mass is 289 g/mol. The van der Waals surface area contributed by atoms with Crippen LogP contribution in [0.15, 0.2) is 24.3 Å². The number of hydrogen-bond donors (Lipinski definition) is 2. The van der Waals surface area contributed by atoms with Gasteiger partial charge in [0, 0.05) is 12.1 Å². The number of amides is 1. The highest BCUT2D eigenvalue weighted by Crippen LogP contribution is 2.25. The van der Waals surface area contributed by atoms with Crippen LogP contribution in [0.5, 0.6) is 0 Å². The number of nitrogens with one attached hydrogen (secondary N) is 1. The Kier molecular flexibility index (Phi) is 5.76. The van der Waals surface area contributed by atoms with Gasteiger partial charge in [-0.2, -0.15) is 0 Å². The molecule has 0 saturated carbocycles. The van der Waals surface area contributed by atoms with Crippen LogP contribution < -0.4 is 11.3 Å². The Labute approximate surface area is 127 Å². The number of carbonyl (C=O) groups excluding carboxylic acids is 1. The van der Waals surface area contributed by atoms with Gasteiger partial charge in [0.05, 0.1) is 0 Å². The summed E-state index contributed by atoms with van der Waals surface area (Å²) >= 11 is 0. The first kappa shape index (κ1) is 16.0. The van der Waals surface area contributed by atoms with Gasteiger partial charge < -0.3 is 0 Å². The zero-order valence-electron chi connectivity index (χ0n) is 13.1. The summed E-state index contributed by atoms with van der Waals surface area (Å²) in [5.41, 5.74) is 4.02. The Morgan fingerprint density at radius 1 is 1.29 bits per heavy atom. The highest BCUT2D eigenvalue weighted by Gasteiger charge is 2.19. The van der Waals surface area contributed by atoms with Crippen LogP contribution in [-0.2, 0) is 6.54 Å². The minimum atomic E-state index is -0.240. The SMILES string of the molecule is CC(C)C1CCCN(Cc2ccc(C(=O)NN)cc2)CC1. The Hall–Kier alpha value is -1.39. The molecule has 21 heavy (non-hydrogen) atoms. The van der Waals surface area contributed by atoms with Gasteiger partial charge in [0.15, 0.2) is 0 Å². The molecule has 1 heterocycles. The summed E-state index contributed by atoms with van der Waals surface area (Å²) in [5, 5.41) is 0. The number of carbonyl (C=O) groups is 1. The van der Waals surface area contributed by atoms with E-state index in [2.05, 4.69) is 24.2 Å². The maximum absolute atomic E-state index is 11.4. The average Bonchev–Trinajstić information content (AvgIpc) is 2.73. The Balaban J connectivity index is 1.91. The number of hydrazine groups is 1. The van der Waals surface area contributed by atoms with Crippen molar-refractivity contribution in [3.05, 3.63) is 35.4 Å². The summed E-state index contributed by atoms with van der Waals surface area (Å²) in [5.74, 6) is 6.56. The fourth-order valence-corrected chi connectivity index (χ4v) is 3.11. The first-order chi connectivity index (χ1) is 10.1. The minimum Gasteiger partial charge on any atom is -0.299 e. The van der Waals surface area contributed by atoms with Crippen molar-refractivity contribution in [2.45, 2.75) is 39.7 Å². The second-order valence-electron chi connectivity index (χ2n) is 6.38. The molecule has 0 bridgehead atoms. The molecular formula is C17H27N3O. The van der Waals surface area contributed by atoms with Gasteiger partial charge in [0.25, 0.3) is 5.91 Å². The van der Waals surface area contributed by atoms with Crippen molar-refractivity contribution in [2.24, 2.45) is 17.7 Å². The molecule has 0 radical (unpaired) electrons. The maximum atomic E-state index is 11.4. The molecule has 116 valence electrons. The van der Waals surface area contributed by atoms with Crippen LogP contribution in [-0.4, -0.2) is 23.9 Å². The summed E-state index contributed by atoms with van der Waals surface area (Å²) in [7, 11) is 0. The van der Waals surface area contributed by atoms with E-state index in [1.54, 1.807) is 0 Å². The molecular weight excluding hydrogens is 262 g/mol. The van der Waals surface area contributed by atoms with Crippen LogP contribution in [0.3, 0.4) is 0 Å². The Bertz CT molecular complexity index is 456. The Morgan fingerprint density at radius 3 is 2.62 bits per heavy atom. The first-order valence-corrected chi connectivity index (χ1v) is 7.92. The lowest BCUT2D eigenvalue weighted by molar-refractivity contribution is 0.0953. The van der Waals surface area contributed by atoms with Crippen molar-refractivity contribution in [1.29, 1.82) is 0 Å². The molecule has 0 aromatic heterocycles. The normalized spacial score (nSPS) is 20.3. The molecule has 1 fully saturated rings. The van der Waals surface area contributed by atoms with E-state index in [1.807, 2.05) is 24.3 Å². The number of hydrogen-bond acceptors (Lipinski definition) is 3. The topological polar surface area (TPSA) is 58.4 Å². The smallest absolute Gasteiger partial charge is 0.265 e.